The number of rotatable bonds is 12. The molecule has 0 saturated heterocycles. The van der Waals surface area contributed by atoms with Gasteiger partial charge < -0.3 is 8.85 Å². The van der Waals surface area contributed by atoms with E-state index < -0.39 is 98.0 Å². The van der Waals surface area contributed by atoms with Gasteiger partial charge in [0, 0.05) is 0 Å². The van der Waals surface area contributed by atoms with Gasteiger partial charge in [-0.05, 0) is 0 Å². The summed E-state index contributed by atoms with van der Waals surface area (Å²) in [6.45, 7) is 0. The lowest BCUT2D eigenvalue weighted by molar-refractivity contribution is -0.486. The molecule has 0 aromatic carbocycles. The van der Waals surface area contributed by atoms with Crippen LogP contribution in [0.15, 0.2) is 0 Å². The Bertz CT molecular complexity index is 1280. The molecule has 0 aromatic heterocycles. The summed E-state index contributed by atoms with van der Waals surface area (Å²) in [6, 6.07) is 0. The summed E-state index contributed by atoms with van der Waals surface area (Å²) in [4.78, 5) is 0. The number of hydrogen-bond donors (Lipinski definition) is 0. The second-order valence-electron chi connectivity index (χ2n) is 9.02. The first kappa shape index (κ1) is 49.8. The zero-order valence-electron chi connectivity index (χ0n) is 21.7. The highest BCUT2D eigenvalue weighted by atomic mass is 28.4. The molecule has 2 nitrogen and oxygen atoms in total. The van der Waals surface area contributed by atoms with Crippen molar-refractivity contribution in [1.82, 2.24) is 0 Å². The van der Waals surface area contributed by atoms with Gasteiger partial charge in [-0.3, -0.25) is 0 Å². The smallest absolute Gasteiger partial charge is 0.340 e. The number of alkyl halides is 34. The molecular formula is C15F34O2Si. The average Bonchev–Trinajstić information content (AvgIpc) is 2.83. The maximum atomic E-state index is 14.7. The lowest BCUT2D eigenvalue weighted by Gasteiger charge is -2.48. The molecule has 0 aliphatic heterocycles. The molecule has 0 bridgehead atoms. The summed E-state index contributed by atoms with van der Waals surface area (Å²) < 4.78 is 453. The molecule has 0 aliphatic carbocycles. The van der Waals surface area contributed by atoms with Crippen molar-refractivity contribution < 1.29 is 158 Å². The Labute approximate surface area is 257 Å². The Morgan fingerprint density at radius 3 is 0.731 bits per heavy atom. The van der Waals surface area contributed by atoms with Gasteiger partial charge in [0.05, 0.1) is 0 Å². The highest BCUT2D eigenvalue weighted by Gasteiger charge is 3.00. The van der Waals surface area contributed by atoms with Crippen LogP contribution < -0.4 is 0 Å². The van der Waals surface area contributed by atoms with Crippen molar-refractivity contribution in [3.05, 3.63) is 0 Å². The van der Waals surface area contributed by atoms with Crippen molar-refractivity contribution in [2.45, 2.75) is 89.5 Å². The van der Waals surface area contributed by atoms with Crippen molar-refractivity contribution >= 4 is 8.56 Å². The van der Waals surface area contributed by atoms with Crippen LogP contribution in [0, 0.1) is 0 Å². The third kappa shape index (κ3) is 6.50. The monoisotopic (exact) mass is 886 g/mol. The van der Waals surface area contributed by atoms with E-state index in [4.69, 9.17) is 0 Å². The molecule has 0 spiro atoms. The molecule has 0 fully saturated rings. The number of halogens is 34. The molecule has 0 N–H and O–H groups in total. The van der Waals surface area contributed by atoms with Gasteiger partial charge >= 0.3 is 98.0 Å². The largest absolute Gasteiger partial charge is 0.549 e. The Morgan fingerprint density at radius 1 is 0.250 bits per heavy atom. The maximum absolute atomic E-state index is 14.7. The Hall–Kier alpha value is -2.24. The van der Waals surface area contributed by atoms with E-state index >= 15 is 0 Å². The fraction of sp³-hybridized carbons (Fsp3) is 1.00. The van der Waals surface area contributed by atoms with Gasteiger partial charge in [-0.2, -0.15) is 149 Å². The highest BCUT2D eigenvalue weighted by Crippen LogP contribution is 2.67. The predicted octanol–water partition coefficient (Wildman–Crippen LogP) is 10.7. The van der Waals surface area contributed by atoms with Crippen molar-refractivity contribution in [3.63, 3.8) is 0 Å². The zero-order chi connectivity index (χ0) is 43.4. The first-order valence-electron chi connectivity index (χ1n) is 10.5. The Balaban J connectivity index is 8.48. The zero-order valence-corrected chi connectivity index (χ0v) is 22.7. The van der Waals surface area contributed by atoms with E-state index in [9.17, 15) is 149 Å². The van der Waals surface area contributed by atoms with E-state index in [1.807, 2.05) is 0 Å². The summed E-state index contributed by atoms with van der Waals surface area (Å²) in [5.74, 6) is -88.7. The summed E-state index contributed by atoms with van der Waals surface area (Å²) in [5.41, 5.74) is -9.42. The first-order chi connectivity index (χ1) is 21.7. The summed E-state index contributed by atoms with van der Waals surface area (Å²) in [6.07, 6.45) is -44.0. The minimum Gasteiger partial charge on any atom is -0.340 e. The predicted molar refractivity (Wildman–Crippen MR) is 86.6 cm³/mol. The lowest BCUT2D eigenvalue weighted by atomic mass is 9.87. The van der Waals surface area contributed by atoms with Gasteiger partial charge in [0.2, 0.25) is 0 Å². The van der Waals surface area contributed by atoms with E-state index in [-0.39, 0.29) is 0 Å². The highest BCUT2D eigenvalue weighted by molar-refractivity contribution is 6.72. The fourth-order valence-electron chi connectivity index (χ4n) is 2.73. The van der Waals surface area contributed by atoms with Crippen LogP contribution in [0.25, 0.3) is 0 Å². The van der Waals surface area contributed by atoms with E-state index in [0.717, 1.165) is 8.85 Å². The molecule has 0 heterocycles. The molecule has 0 radical (unpaired) electrons. The van der Waals surface area contributed by atoms with Gasteiger partial charge in [0.1, 0.15) is 0 Å². The van der Waals surface area contributed by atoms with Crippen molar-refractivity contribution in [3.8, 4) is 0 Å². The van der Waals surface area contributed by atoms with Crippen LogP contribution in [0.3, 0.4) is 0 Å². The van der Waals surface area contributed by atoms with Gasteiger partial charge in [-0.25, -0.2) is 0 Å². The van der Waals surface area contributed by atoms with Crippen LogP contribution in [0.1, 0.15) is 0 Å². The van der Waals surface area contributed by atoms with Crippen LogP contribution in [0.5, 0.6) is 0 Å². The maximum Gasteiger partial charge on any atom is 0.549 e. The second kappa shape index (κ2) is 12.1. The van der Waals surface area contributed by atoms with Gasteiger partial charge in [0.15, 0.2) is 0 Å². The van der Waals surface area contributed by atoms with E-state index in [2.05, 4.69) is 0 Å². The standard InChI is InChI=1S/C15F34O2Si/c16-1(17,3(20,21)5(24,25)7(28,29)9(31,32)33)2(18,19)4(22,23)6(26,27)8(30,10(34,35)36)50-52(15(47,48)49,14(45,46)12(40,41)42)51-13(43,44)11(37,38)39. The quantitative estimate of drug-likeness (QED) is 0.144. The molecule has 0 aromatic rings. The molecular weight excluding hydrogens is 886 g/mol. The lowest BCUT2D eigenvalue weighted by Crippen LogP contribution is -2.82. The second-order valence-corrected chi connectivity index (χ2v) is 11.9. The van der Waals surface area contributed by atoms with Gasteiger partial charge in [-0.1, -0.05) is 0 Å². The van der Waals surface area contributed by atoms with E-state index in [1.54, 1.807) is 0 Å². The minimum atomic E-state index is -12.0. The molecule has 314 valence electrons. The summed E-state index contributed by atoms with van der Waals surface area (Å²) >= 11 is 0. The molecule has 2 atom stereocenters. The minimum absolute atomic E-state index is 0.725. The van der Waals surface area contributed by atoms with Crippen LogP contribution in [0.2, 0.25) is 0 Å². The number of hydrogen-bond acceptors (Lipinski definition) is 2. The molecule has 0 rings (SSSR count). The topological polar surface area (TPSA) is 18.5 Å². The normalized spacial score (nSPS) is 19.0. The SMILES string of the molecule is FC(F)(F)C(F)(F)O[Si](OC(F)(C(F)(F)F)C(F)(F)C(F)(F)C(F)(F)C(F)(F)C(F)(F)C(F)(F)C(F)(F)C(F)(F)F)(C(F)(F)F)C(F)(F)C(F)(F)F. The Kier molecular flexibility index (Phi) is 11.6. The molecule has 0 saturated carbocycles. The van der Waals surface area contributed by atoms with Crippen LogP contribution in [0.4, 0.5) is 149 Å². The van der Waals surface area contributed by atoms with E-state index in [0.29, 0.717) is 0 Å². The first-order valence-corrected chi connectivity index (χ1v) is 12.3. The summed E-state index contributed by atoms with van der Waals surface area (Å²) in [7, 11) is -12.0. The van der Waals surface area contributed by atoms with Crippen LogP contribution in [-0.2, 0) is 8.85 Å². The summed E-state index contributed by atoms with van der Waals surface area (Å²) in [5, 5.41) is 0. The van der Waals surface area contributed by atoms with Crippen molar-refractivity contribution in [1.29, 1.82) is 0 Å². The Morgan fingerprint density at radius 2 is 0.519 bits per heavy atom. The molecule has 2 unspecified atom stereocenters. The molecule has 52 heavy (non-hydrogen) atoms. The fourth-order valence-corrected chi connectivity index (χ4v) is 5.11. The van der Waals surface area contributed by atoms with Crippen LogP contribution in [-0.4, -0.2) is 98.0 Å². The third-order valence-electron chi connectivity index (χ3n) is 5.52. The molecule has 0 amide bonds. The molecule has 0 aliphatic rings. The van der Waals surface area contributed by atoms with Crippen molar-refractivity contribution in [2.24, 2.45) is 0 Å². The van der Waals surface area contributed by atoms with Gasteiger partial charge in [0.25, 0.3) is 0 Å². The van der Waals surface area contributed by atoms with Gasteiger partial charge in [-0.15, -0.1) is 0 Å². The van der Waals surface area contributed by atoms with Crippen LogP contribution >= 0.6 is 0 Å². The van der Waals surface area contributed by atoms with E-state index in [1.165, 1.54) is 0 Å². The molecule has 37 heteroatoms. The average molecular weight is 886 g/mol. The third-order valence-corrected chi connectivity index (χ3v) is 8.49. The van der Waals surface area contributed by atoms with Crippen molar-refractivity contribution in [2.75, 3.05) is 0 Å².